The summed E-state index contributed by atoms with van der Waals surface area (Å²) in [7, 11) is 0. The van der Waals surface area contributed by atoms with Gasteiger partial charge in [0.2, 0.25) is 0 Å². The maximum Gasteiger partial charge on any atom is 0.256 e. The first kappa shape index (κ1) is 15.6. The molecule has 1 aliphatic rings. The number of rotatable bonds is 2. The van der Waals surface area contributed by atoms with Gasteiger partial charge in [-0.3, -0.25) is 9.59 Å². The number of carbonyl (C=O) groups is 1. The van der Waals surface area contributed by atoms with Crippen molar-refractivity contribution in [2.45, 2.75) is 26.8 Å². The molecule has 23 heavy (non-hydrogen) atoms. The first-order chi connectivity index (χ1) is 10.9. The second-order valence-corrected chi connectivity index (χ2v) is 6.23. The van der Waals surface area contributed by atoms with Gasteiger partial charge in [-0.15, -0.1) is 0 Å². The number of phenols is 1. The topological polar surface area (TPSA) is 73.4 Å². The average molecular weight is 333 g/mol. The standard InChI is InChI=1S/C17H17ClN2O3/c1-9-7-10(2)19-16(22)12(9)8-20-6-5-11-3-4-13(21)15(18)14(11)17(20)23/h3-4,7,21H,5-6,8H2,1-2H3,(H,19,22). The zero-order valence-electron chi connectivity index (χ0n) is 12.9. The highest BCUT2D eigenvalue weighted by atomic mass is 35.5. The number of hydrogen-bond donors (Lipinski definition) is 2. The predicted molar refractivity (Wildman–Crippen MR) is 88.1 cm³/mol. The Morgan fingerprint density at radius 2 is 2.04 bits per heavy atom. The monoisotopic (exact) mass is 332 g/mol. The predicted octanol–water partition coefficient (Wildman–Crippen LogP) is 2.55. The van der Waals surface area contributed by atoms with Crippen LogP contribution in [0.1, 0.15) is 32.7 Å². The van der Waals surface area contributed by atoms with Gasteiger partial charge in [0.15, 0.2) is 0 Å². The van der Waals surface area contributed by atoms with Gasteiger partial charge in [-0.1, -0.05) is 17.7 Å². The van der Waals surface area contributed by atoms with Crippen LogP contribution in [0, 0.1) is 13.8 Å². The molecule has 0 unspecified atom stereocenters. The van der Waals surface area contributed by atoms with Gasteiger partial charge in [0.25, 0.3) is 11.5 Å². The van der Waals surface area contributed by atoms with Crippen LogP contribution in [0.2, 0.25) is 5.02 Å². The third kappa shape index (κ3) is 2.72. The summed E-state index contributed by atoms with van der Waals surface area (Å²) in [5.74, 6) is -0.364. The Morgan fingerprint density at radius 1 is 1.30 bits per heavy atom. The van der Waals surface area contributed by atoms with Crippen molar-refractivity contribution in [3.8, 4) is 5.75 Å². The molecule has 0 saturated carbocycles. The van der Waals surface area contributed by atoms with Crippen molar-refractivity contribution < 1.29 is 9.90 Å². The van der Waals surface area contributed by atoms with E-state index in [-0.39, 0.29) is 28.8 Å². The molecule has 0 spiro atoms. The molecule has 0 atom stereocenters. The van der Waals surface area contributed by atoms with Gasteiger partial charge in [0, 0.05) is 17.8 Å². The van der Waals surface area contributed by atoms with Gasteiger partial charge in [0.05, 0.1) is 17.1 Å². The highest BCUT2D eigenvalue weighted by Crippen LogP contribution is 2.33. The van der Waals surface area contributed by atoms with Crippen LogP contribution in [0.15, 0.2) is 23.0 Å². The number of benzene rings is 1. The Balaban J connectivity index is 1.97. The summed E-state index contributed by atoms with van der Waals surface area (Å²) in [5.41, 5.74) is 3.20. The quantitative estimate of drug-likeness (QED) is 0.887. The fraction of sp³-hybridized carbons (Fsp3) is 0.294. The number of nitrogens with one attached hydrogen (secondary N) is 1. The number of fused-ring (bicyclic) bond motifs is 1. The zero-order chi connectivity index (χ0) is 16.7. The number of phenolic OH excluding ortho intramolecular Hbond substituents is 1. The van der Waals surface area contributed by atoms with Crippen molar-refractivity contribution in [2.75, 3.05) is 6.54 Å². The van der Waals surface area contributed by atoms with E-state index >= 15 is 0 Å². The second kappa shape index (κ2) is 5.74. The molecule has 1 aromatic heterocycles. The number of aryl methyl sites for hydroxylation is 2. The Bertz CT molecular complexity index is 858. The average Bonchev–Trinajstić information content (AvgIpc) is 2.48. The van der Waals surface area contributed by atoms with Gasteiger partial charge in [-0.05, 0) is 43.5 Å². The Hall–Kier alpha value is -2.27. The molecule has 2 N–H and O–H groups in total. The van der Waals surface area contributed by atoms with Crippen LogP contribution in [0.4, 0.5) is 0 Å². The van der Waals surface area contributed by atoms with Gasteiger partial charge in [-0.25, -0.2) is 0 Å². The third-order valence-electron chi connectivity index (χ3n) is 4.20. The van der Waals surface area contributed by atoms with E-state index in [1.165, 1.54) is 6.07 Å². The van der Waals surface area contributed by atoms with E-state index in [1.807, 2.05) is 19.9 Å². The Morgan fingerprint density at radius 3 is 2.74 bits per heavy atom. The Kier molecular flexibility index (Phi) is 3.90. The maximum atomic E-state index is 12.7. The van der Waals surface area contributed by atoms with E-state index in [4.69, 9.17) is 11.6 Å². The van der Waals surface area contributed by atoms with Crippen LogP contribution in [-0.4, -0.2) is 27.4 Å². The number of aromatic amines is 1. The first-order valence-electron chi connectivity index (χ1n) is 7.37. The van der Waals surface area contributed by atoms with Crippen LogP contribution < -0.4 is 5.56 Å². The van der Waals surface area contributed by atoms with E-state index in [2.05, 4.69) is 4.98 Å². The molecule has 0 aliphatic carbocycles. The molecular formula is C17H17ClN2O3. The van der Waals surface area contributed by atoms with Crippen LogP contribution in [0.3, 0.4) is 0 Å². The van der Waals surface area contributed by atoms with Gasteiger partial charge < -0.3 is 15.0 Å². The van der Waals surface area contributed by atoms with Crippen molar-refractivity contribution in [3.63, 3.8) is 0 Å². The summed E-state index contributed by atoms with van der Waals surface area (Å²) in [5, 5.41) is 9.81. The minimum absolute atomic E-state index is 0.0757. The number of pyridine rings is 1. The number of aromatic nitrogens is 1. The Labute approximate surface area is 138 Å². The lowest BCUT2D eigenvalue weighted by atomic mass is 9.97. The highest BCUT2D eigenvalue weighted by Gasteiger charge is 2.28. The summed E-state index contributed by atoms with van der Waals surface area (Å²) < 4.78 is 0. The fourth-order valence-electron chi connectivity index (χ4n) is 2.98. The summed E-state index contributed by atoms with van der Waals surface area (Å²) in [6, 6.07) is 5.10. The molecule has 0 saturated heterocycles. The van der Waals surface area contributed by atoms with Crippen LogP contribution in [0.25, 0.3) is 0 Å². The van der Waals surface area contributed by atoms with E-state index in [1.54, 1.807) is 11.0 Å². The molecule has 2 aromatic rings. The number of halogens is 1. The van der Waals surface area contributed by atoms with E-state index < -0.39 is 0 Å². The molecule has 0 fully saturated rings. The van der Waals surface area contributed by atoms with Crippen LogP contribution >= 0.6 is 11.6 Å². The molecule has 6 heteroatoms. The van der Waals surface area contributed by atoms with E-state index in [0.29, 0.717) is 24.1 Å². The normalized spacial score (nSPS) is 14.0. The molecule has 0 radical (unpaired) electrons. The summed E-state index contributed by atoms with van der Waals surface area (Å²) in [4.78, 5) is 29.2. The van der Waals surface area contributed by atoms with Crippen LogP contribution in [-0.2, 0) is 13.0 Å². The largest absolute Gasteiger partial charge is 0.506 e. The van der Waals surface area contributed by atoms with Gasteiger partial charge >= 0.3 is 0 Å². The van der Waals surface area contributed by atoms with Crippen molar-refractivity contribution in [2.24, 2.45) is 0 Å². The van der Waals surface area contributed by atoms with E-state index in [0.717, 1.165) is 16.8 Å². The maximum absolute atomic E-state index is 12.7. The van der Waals surface area contributed by atoms with Crippen molar-refractivity contribution in [1.29, 1.82) is 0 Å². The summed E-state index contributed by atoms with van der Waals surface area (Å²) >= 11 is 6.09. The van der Waals surface area contributed by atoms with Crippen molar-refractivity contribution >= 4 is 17.5 Å². The lowest BCUT2D eigenvalue weighted by molar-refractivity contribution is 0.0726. The zero-order valence-corrected chi connectivity index (χ0v) is 13.7. The molecule has 1 amide bonds. The minimum atomic E-state index is -0.258. The second-order valence-electron chi connectivity index (χ2n) is 5.85. The van der Waals surface area contributed by atoms with Gasteiger partial charge in [-0.2, -0.15) is 0 Å². The number of carbonyl (C=O) groups excluding carboxylic acids is 1. The van der Waals surface area contributed by atoms with Crippen molar-refractivity contribution in [1.82, 2.24) is 9.88 Å². The molecule has 2 heterocycles. The summed E-state index contributed by atoms with van der Waals surface area (Å²) in [6.45, 7) is 4.42. The van der Waals surface area contributed by atoms with Gasteiger partial charge in [0.1, 0.15) is 5.75 Å². The molecule has 1 aliphatic heterocycles. The van der Waals surface area contributed by atoms with E-state index in [9.17, 15) is 14.7 Å². The number of amides is 1. The fourth-order valence-corrected chi connectivity index (χ4v) is 3.24. The van der Waals surface area contributed by atoms with Crippen LogP contribution in [0.5, 0.6) is 5.75 Å². The molecule has 1 aromatic carbocycles. The number of aromatic hydroxyl groups is 1. The third-order valence-corrected chi connectivity index (χ3v) is 4.59. The number of hydrogen-bond acceptors (Lipinski definition) is 3. The number of H-pyrrole nitrogens is 1. The molecule has 0 bridgehead atoms. The SMILES string of the molecule is Cc1cc(C)c(CN2CCc3ccc(O)c(Cl)c3C2=O)c(=O)[nH]1. The lowest BCUT2D eigenvalue weighted by Crippen LogP contribution is -2.39. The molecule has 3 rings (SSSR count). The first-order valence-corrected chi connectivity index (χ1v) is 7.75. The highest BCUT2D eigenvalue weighted by molar-refractivity contribution is 6.35. The molecule has 5 nitrogen and oxygen atoms in total. The van der Waals surface area contributed by atoms with Crippen molar-refractivity contribution in [3.05, 3.63) is 61.5 Å². The summed E-state index contributed by atoms with van der Waals surface area (Å²) in [6.07, 6.45) is 0.643. The molecular weight excluding hydrogens is 316 g/mol. The molecule has 120 valence electrons. The smallest absolute Gasteiger partial charge is 0.256 e. The number of nitrogens with zero attached hydrogens (tertiary/aromatic N) is 1. The lowest BCUT2D eigenvalue weighted by Gasteiger charge is -2.29. The minimum Gasteiger partial charge on any atom is -0.506 e.